The van der Waals surface area contributed by atoms with Crippen LogP contribution in [0, 0.1) is 0 Å². The molecule has 18 heavy (non-hydrogen) atoms. The number of nitrogens with one attached hydrogen (secondary N) is 1. The minimum atomic E-state index is 0.668. The third-order valence-electron chi connectivity index (χ3n) is 3.95. The monoisotopic (exact) mass is 246 g/mol. The first kappa shape index (κ1) is 13.6. The molecule has 1 N–H and O–H groups in total. The first-order chi connectivity index (χ1) is 8.83. The number of hydrogen-bond acceptors (Lipinski definition) is 2. The highest BCUT2D eigenvalue weighted by Crippen LogP contribution is 2.14. The van der Waals surface area contributed by atoms with Crippen molar-refractivity contribution in [1.82, 2.24) is 10.2 Å². The van der Waals surface area contributed by atoms with Gasteiger partial charge in [-0.25, -0.2) is 0 Å². The van der Waals surface area contributed by atoms with Crippen molar-refractivity contribution >= 4 is 0 Å². The van der Waals surface area contributed by atoms with Crippen molar-refractivity contribution < 1.29 is 0 Å². The lowest BCUT2D eigenvalue weighted by Crippen LogP contribution is -2.36. The number of nitrogens with zero attached hydrogens (tertiary/aromatic N) is 1. The molecule has 2 nitrogen and oxygen atoms in total. The van der Waals surface area contributed by atoms with E-state index in [1.54, 1.807) is 0 Å². The van der Waals surface area contributed by atoms with Crippen LogP contribution in [0.2, 0.25) is 0 Å². The van der Waals surface area contributed by atoms with Crippen molar-refractivity contribution in [1.29, 1.82) is 0 Å². The Hall–Kier alpha value is -0.860. The molecule has 1 saturated heterocycles. The molecule has 1 aliphatic rings. The van der Waals surface area contributed by atoms with E-state index in [1.165, 1.54) is 43.6 Å². The smallest absolute Gasteiger partial charge is 0.0237 e. The third kappa shape index (κ3) is 3.56. The highest BCUT2D eigenvalue weighted by atomic mass is 15.2. The normalized spacial score (nSPS) is 21.8. The number of aryl methyl sites for hydroxylation is 1. The molecule has 0 bridgehead atoms. The molecule has 100 valence electrons. The Labute approximate surface area is 111 Å². The van der Waals surface area contributed by atoms with Gasteiger partial charge in [0.15, 0.2) is 0 Å². The number of hydrogen-bond donors (Lipinski definition) is 1. The molecule has 1 atom stereocenters. The van der Waals surface area contributed by atoms with Crippen LogP contribution in [0.5, 0.6) is 0 Å². The zero-order chi connectivity index (χ0) is 12.8. The first-order valence-corrected chi connectivity index (χ1v) is 7.36. The molecule has 0 saturated carbocycles. The second kappa shape index (κ2) is 6.91. The van der Waals surface area contributed by atoms with Gasteiger partial charge in [-0.05, 0) is 43.5 Å². The van der Waals surface area contributed by atoms with E-state index in [9.17, 15) is 0 Å². The number of rotatable bonds is 4. The maximum Gasteiger partial charge on any atom is 0.0237 e. The van der Waals surface area contributed by atoms with Crippen molar-refractivity contribution in [3.8, 4) is 0 Å². The lowest BCUT2D eigenvalue weighted by atomic mass is 10.0. The average molecular weight is 246 g/mol. The van der Waals surface area contributed by atoms with E-state index in [2.05, 4.69) is 48.3 Å². The molecular weight excluding hydrogens is 220 g/mol. The van der Waals surface area contributed by atoms with E-state index in [0.717, 1.165) is 13.0 Å². The van der Waals surface area contributed by atoms with E-state index < -0.39 is 0 Å². The van der Waals surface area contributed by atoms with Gasteiger partial charge in [-0.15, -0.1) is 0 Å². The summed E-state index contributed by atoms with van der Waals surface area (Å²) in [5.74, 6) is 0. The highest BCUT2D eigenvalue weighted by Gasteiger charge is 2.16. The zero-order valence-corrected chi connectivity index (χ0v) is 11.8. The van der Waals surface area contributed by atoms with Crippen molar-refractivity contribution in [2.24, 2.45) is 0 Å². The fourth-order valence-electron chi connectivity index (χ4n) is 2.79. The van der Waals surface area contributed by atoms with Gasteiger partial charge in [0.2, 0.25) is 0 Å². The maximum absolute atomic E-state index is 3.63. The van der Waals surface area contributed by atoms with Gasteiger partial charge < -0.3 is 5.32 Å². The molecule has 1 aromatic rings. The minimum Gasteiger partial charge on any atom is -0.313 e. The fourth-order valence-corrected chi connectivity index (χ4v) is 2.79. The van der Waals surface area contributed by atoms with Gasteiger partial charge in [-0.2, -0.15) is 0 Å². The summed E-state index contributed by atoms with van der Waals surface area (Å²) in [6, 6.07) is 9.55. The van der Waals surface area contributed by atoms with Gasteiger partial charge in [0.25, 0.3) is 0 Å². The topological polar surface area (TPSA) is 15.3 Å². The Balaban J connectivity index is 2.02. The molecule has 0 spiro atoms. The van der Waals surface area contributed by atoms with Crippen LogP contribution in [0.4, 0.5) is 0 Å². The molecule has 2 rings (SSSR count). The Morgan fingerprint density at radius 2 is 2.00 bits per heavy atom. The number of benzene rings is 1. The van der Waals surface area contributed by atoms with Gasteiger partial charge in [0, 0.05) is 19.1 Å². The summed E-state index contributed by atoms with van der Waals surface area (Å²) in [4.78, 5) is 2.61. The third-order valence-corrected chi connectivity index (χ3v) is 3.95. The average Bonchev–Trinajstić information content (AvgIpc) is 2.64. The predicted molar refractivity (Wildman–Crippen MR) is 77.8 cm³/mol. The van der Waals surface area contributed by atoms with E-state index >= 15 is 0 Å². The van der Waals surface area contributed by atoms with Gasteiger partial charge in [0.05, 0.1) is 0 Å². The largest absolute Gasteiger partial charge is 0.313 e. The Morgan fingerprint density at radius 3 is 2.72 bits per heavy atom. The summed E-state index contributed by atoms with van der Waals surface area (Å²) >= 11 is 0. The second-order valence-corrected chi connectivity index (χ2v) is 5.27. The molecule has 2 heteroatoms. The summed E-state index contributed by atoms with van der Waals surface area (Å²) in [5, 5.41) is 3.63. The van der Waals surface area contributed by atoms with Gasteiger partial charge >= 0.3 is 0 Å². The Kier molecular flexibility index (Phi) is 5.21. The zero-order valence-electron chi connectivity index (χ0n) is 11.8. The van der Waals surface area contributed by atoms with Crippen molar-refractivity contribution in [3.63, 3.8) is 0 Å². The molecule has 0 aliphatic carbocycles. The van der Waals surface area contributed by atoms with Crippen LogP contribution >= 0.6 is 0 Å². The van der Waals surface area contributed by atoms with E-state index in [1.807, 2.05) is 0 Å². The van der Waals surface area contributed by atoms with Crippen molar-refractivity contribution in [2.75, 3.05) is 19.6 Å². The summed E-state index contributed by atoms with van der Waals surface area (Å²) < 4.78 is 0. The van der Waals surface area contributed by atoms with Gasteiger partial charge in [0.1, 0.15) is 0 Å². The van der Waals surface area contributed by atoms with E-state index in [4.69, 9.17) is 0 Å². The second-order valence-electron chi connectivity index (χ2n) is 5.27. The van der Waals surface area contributed by atoms with Gasteiger partial charge in [-0.3, -0.25) is 4.90 Å². The minimum absolute atomic E-state index is 0.668. The van der Waals surface area contributed by atoms with Gasteiger partial charge in [-0.1, -0.05) is 38.1 Å². The summed E-state index contributed by atoms with van der Waals surface area (Å²) in [6.45, 7) is 9.22. The molecule has 1 heterocycles. The van der Waals surface area contributed by atoms with E-state index in [-0.39, 0.29) is 0 Å². The van der Waals surface area contributed by atoms with Crippen molar-refractivity contribution in [3.05, 3.63) is 35.4 Å². The Bertz CT molecular complexity index is 362. The van der Waals surface area contributed by atoms with Crippen LogP contribution < -0.4 is 5.32 Å². The highest BCUT2D eigenvalue weighted by molar-refractivity contribution is 5.26. The molecule has 1 unspecified atom stereocenters. The summed E-state index contributed by atoms with van der Waals surface area (Å²) in [6.07, 6.45) is 3.64. The fraction of sp³-hybridized carbons (Fsp3) is 0.625. The maximum atomic E-state index is 3.63. The molecule has 0 amide bonds. The Morgan fingerprint density at radius 1 is 1.22 bits per heavy atom. The molecule has 1 fully saturated rings. The quantitative estimate of drug-likeness (QED) is 0.879. The lowest BCUT2D eigenvalue weighted by molar-refractivity contribution is 0.257. The SMILES string of the molecule is CCc1ccccc1CN1CCCNC(CC)C1. The molecule has 0 aromatic heterocycles. The van der Waals surface area contributed by atoms with Crippen LogP contribution in [-0.4, -0.2) is 30.6 Å². The molecule has 0 radical (unpaired) electrons. The van der Waals surface area contributed by atoms with Crippen molar-refractivity contribution in [2.45, 2.75) is 45.7 Å². The lowest BCUT2D eigenvalue weighted by Gasteiger charge is -2.24. The van der Waals surface area contributed by atoms with Crippen LogP contribution in [0.25, 0.3) is 0 Å². The molecule has 1 aliphatic heterocycles. The van der Waals surface area contributed by atoms with Crippen LogP contribution in [0.1, 0.15) is 37.8 Å². The van der Waals surface area contributed by atoms with E-state index in [0.29, 0.717) is 6.04 Å². The van der Waals surface area contributed by atoms with Crippen LogP contribution in [-0.2, 0) is 13.0 Å². The standard InChI is InChI=1S/C16H26N2/c1-3-14-8-5-6-9-15(14)12-18-11-7-10-17-16(4-2)13-18/h5-6,8-9,16-17H,3-4,7,10-13H2,1-2H3. The summed E-state index contributed by atoms with van der Waals surface area (Å²) in [5.41, 5.74) is 3.01. The predicted octanol–water partition coefficient (Wildman–Crippen LogP) is 2.82. The first-order valence-electron chi connectivity index (χ1n) is 7.36. The molecule has 1 aromatic carbocycles. The summed E-state index contributed by atoms with van der Waals surface area (Å²) in [7, 11) is 0. The molecular formula is C16H26N2. The van der Waals surface area contributed by atoms with Crippen LogP contribution in [0.15, 0.2) is 24.3 Å². The van der Waals surface area contributed by atoms with Crippen LogP contribution in [0.3, 0.4) is 0 Å².